The van der Waals surface area contributed by atoms with Gasteiger partial charge in [-0.25, -0.2) is 0 Å². The van der Waals surface area contributed by atoms with Crippen molar-refractivity contribution >= 4 is 21.8 Å². The summed E-state index contributed by atoms with van der Waals surface area (Å²) in [6.45, 7) is 5.26. The summed E-state index contributed by atoms with van der Waals surface area (Å²) in [6.07, 6.45) is 1.85. The van der Waals surface area contributed by atoms with E-state index in [-0.39, 0.29) is 11.8 Å². The number of halogens is 1. The molecule has 168 valence electrons. The molecule has 1 aliphatic rings. The number of ether oxygens (including phenoxy) is 1. The number of nitrogens with zero attached hydrogens (tertiary/aromatic N) is 3. The van der Waals surface area contributed by atoms with Crippen LogP contribution < -0.4 is 10.1 Å². The molecular weight excluding hydrogens is 472 g/mol. The van der Waals surface area contributed by atoms with E-state index < -0.39 is 0 Å². The first-order valence-electron chi connectivity index (χ1n) is 10.9. The van der Waals surface area contributed by atoms with Gasteiger partial charge in [-0.05, 0) is 56.1 Å². The van der Waals surface area contributed by atoms with Crippen LogP contribution in [0.25, 0.3) is 11.4 Å². The Morgan fingerprint density at radius 3 is 2.91 bits per heavy atom. The van der Waals surface area contributed by atoms with E-state index in [4.69, 9.17) is 9.26 Å². The van der Waals surface area contributed by atoms with Gasteiger partial charge in [-0.1, -0.05) is 45.4 Å². The number of hydrogen-bond donors (Lipinski definition) is 1. The second kappa shape index (κ2) is 10.7. The molecule has 4 rings (SSSR count). The molecule has 1 aromatic heterocycles. The fourth-order valence-electron chi connectivity index (χ4n) is 3.87. The van der Waals surface area contributed by atoms with E-state index in [1.165, 1.54) is 0 Å². The minimum absolute atomic E-state index is 0.0427. The van der Waals surface area contributed by atoms with Crippen molar-refractivity contribution in [3.8, 4) is 17.1 Å². The molecule has 0 bridgehead atoms. The first-order chi connectivity index (χ1) is 15.6. The van der Waals surface area contributed by atoms with Crippen LogP contribution in [-0.2, 0) is 17.9 Å². The molecule has 1 fully saturated rings. The van der Waals surface area contributed by atoms with E-state index in [0.717, 1.165) is 40.7 Å². The van der Waals surface area contributed by atoms with Crippen molar-refractivity contribution in [3.63, 3.8) is 0 Å². The van der Waals surface area contributed by atoms with Gasteiger partial charge in [0.05, 0.1) is 19.1 Å². The first-order valence-corrected chi connectivity index (χ1v) is 11.7. The molecule has 2 aromatic carbocycles. The van der Waals surface area contributed by atoms with Crippen molar-refractivity contribution in [1.82, 2.24) is 20.4 Å². The van der Waals surface area contributed by atoms with Crippen molar-refractivity contribution in [2.24, 2.45) is 5.92 Å². The van der Waals surface area contributed by atoms with E-state index in [9.17, 15) is 4.79 Å². The third-order valence-electron chi connectivity index (χ3n) is 5.49. The van der Waals surface area contributed by atoms with E-state index in [0.29, 0.717) is 38.0 Å². The van der Waals surface area contributed by atoms with Gasteiger partial charge in [0.15, 0.2) is 0 Å². The molecule has 0 saturated carbocycles. The Morgan fingerprint density at radius 2 is 2.12 bits per heavy atom. The second-order valence-electron chi connectivity index (χ2n) is 7.89. The van der Waals surface area contributed by atoms with Gasteiger partial charge in [0.25, 0.3) is 0 Å². The summed E-state index contributed by atoms with van der Waals surface area (Å²) in [4.78, 5) is 19.5. The molecule has 7 nitrogen and oxygen atoms in total. The van der Waals surface area contributed by atoms with Crippen molar-refractivity contribution in [2.75, 3.05) is 19.7 Å². The molecule has 0 spiro atoms. The predicted octanol–water partition coefficient (Wildman–Crippen LogP) is 4.43. The maximum Gasteiger partial charge on any atom is 0.241 e. The van der Waals surface area contributed by atoms with Gasteiger partial charge in [0.2, 0.25) is 17.6 Å². The molecule has 0 radical (unpaired) electrons. The second-order valence-corrected chi connectivity index (χ2v) is 8.81. The Hall–Kier alpha value is -2.71. The van der Waals surface area contributed by atoms with Crippen LogP contribution in [0.15, 0.2) is 57.5 Å². The van der Waals surface area contributed by atoms with Crippen LogP contribution in [0.2, 0.25) is 0 Å². The standard InChI is InChI=1S/C24H27BrN4O3/c1-2-31-21-10-8-17(9-11-21)14-26-24(30)19-6-4-12-29(15-19)16-22-27-23(28-32-22)18-5-3-7-20(25)13-18/h3,5,7-11,13,19H,2,4,6,12,14-16H2,1H3,(H,26,30). The summed E-state index contributed by atoms with van der Waals surface area (Å²) in [5.74, 6) is 2.02. The van der Waals surface area contributed by atoms with Crippen molar-refractivity contribution in [2.45, 2.75) is 32.9 Å². The van der Waals surface area contributed by atoms with Crippen LogP contribution in [0.3, 0.4) is 0 Å². The van der Waals surface area contributed by atoms with Gasteiger partial charge in [-0.3, -0.25) is 9.69 Å². The van der Waals surface area contributed by atoms with E-state index >= 15 is 0 Å². The smallest absolute Gasteiger partial charge is 0.241 e. The normalized spacial score (nSPS) is 16.6. The summed E-state index contributed by atoms with van der Waals surface area (Å²) in [5, 5.41) is 7.18. The summed E-state index contributed by atoms with van der Waals surface area (Å²) < 4.78 is 11.9. The number of carbonyl (C=O) groups is 1. The average Bonchev–Trinajstić information content (AvgIpc) is 3.27. The maximum absolute atomic E-state index is 12.7. The Labute approximate surface area is 196 Å². The molecule has 1 atom stereocenters. The lowest BCUT2D eigenvalue weighted by atomic mass is 9.97. The highest BCUT2D eigenvalue weighted by Gasteiger charge is 2.26. The zero-order valence-corrected chi connectivity index (χ0v) is 19.7. The molecule has 1 N–H and O–H groups in total. The number of aromatic nitrogens is 2. The third-order valence-corrected chi connectivity index (χ3v) is 5.98. The van der Waals surface area contributed by atoms with E-state index in [2.05, 4.69) is 36.3 Å². The van der Waals surface area contributed by atoms with Gasteiger partial charge in [-0.15, -0.1) is 0 Å². The third kappa shape index (κ3) is 5.95. The van der Waals surface area contributed by atoms with Gasteiger partial charge >= 0.3 is 0 Å². The molecule has 8 heteroatoms. The van der Waals surface area contributed by atoms with E-state index in [1.54, 1.807) is 0 Å². The number of amides is 1. The Bertz CT molecular complexity index is 1040. The fraction of sp³-hybridized carbons (Fsp3) is 0.375. The number of carbonyl (C=O) groups excluding carboxylic acids is 1. The largest absolute Gasteiger partial charge is 0.494 e. The quantitative estimate of drug-likeness (QED) is 0.494. The zero-order valence-electron chi connectivity index (χ0n) is 18.1. The highest BCUT2D eigenvalue weighted by atomic mass is 79.9. The van der Waals surface area contributed by atoms with Crippen molar-refractivity contribution in [1.29, 1.82) is 0 Å². The number of nitrogens with one attached hydrogen (secondary N) is 1. The Morgan fingerprint density at radius 1 is 1.28 bits per heavy atom. The highest BCUT2D eigenvalue weighted by molar-refractivity contribution is 9.10. The number of rotatable bonds is 8. The van der Waals surface area contributed by atoms with E-state index in [1.807, 2.05) is 55.5 Å². The molecule has 1 amide bonds. The monoisotopic (exact) mass is 498 g/mol. The Kier molecular flexibility index (Phi) is 7.55. The van der Waals surface area contributed by atoms with Crippen molar-refractivity contribution < 1.29 is 14.1 Å². The van der Waals surface area contributed by atoms with Crippen LogP contribution in [0.4, 0.5) is 0 Å². The minimum Gasteiger partial charge on any atom is -0.494 e. The lowest BCUT2D eigenvalue weighted by Crippen LogP contribution is -2.42. The maximum atomic E-state index is 12.7. The average molecular weight is 499 g/mol. The zero-order chi connectivity index (χ0) is 22.3. The fourth-order valence-corrected chi connectivity index (χ4v) is 4.27. The van der Waals surface area contributed by atoms with Crippen molar-refractivity contribution in [3.05, 3.63) is 64.5 Å². The molecular formula is C24H27BrN4O3. The summed E-state index contributed by atoms with van der Waals surface area (Å²) >= 11 is 3.47. The summed E-state index contributed by atoms with van der Waals surface area (Å²) in [6, 6.07) is 15.6. The molecule has 1 aliphatic heterocycles. The molecule has 2 heterocycles. The first kappa shape index (κ1) is 22.5. The van der Waals surface area contributed by atoms with Crippen LogP contribution in [-0.4, -0.2) is 40.6 Å². The number of hydrogen-bond acceptors (Lipinski definition) is 6. The number of benzene rings is 2. The van der Waals surface area contributed by atoms with Gasteiger partial charge < -0.3 is 14.6 Å². The molecule has 0 aliphatic carbocycles. The Balaban J connectivity index is 1.29. The minimum atomic E-state index is -0.0427. The lowest BCUT2D eigenvalue weighted by Gasteiger charge is -2.30. The lowest BCUT2D eigenvalue weighted by molar-refractivity contribution is -0.127. The SMILES string of the molecule is CCOc1ccc(CNC(=O)C2CCCN(Cc3nc(-c4cccc(Br)c4)no3)C2)cc1. The van der Waals surface area contributed by atoms with Crippen LogP contribution >= 0.6 is 15.9 Å². The van der Waals surface area contributed by atoms with Gasteiger partial charge in [-0.2, -0.15) is 4.98 Å². The predicted molar refractivity (Wildman–Crippen MR) is 125 cm³/mol. The number of likely N-dealkylation sites (tertiary alicyclic amines) is 1. The topological polar surface area (TPSA) is 80.5 Å². The summed E-state index contributed by atoms with van der Waals surface area (Å²) in [5.41, 5.74) is 1.96. The van der Waals surface area contributed by atoms with Gasteiger partial charge in [0.1, 0.15) is 5.75 Å². The molecule has 1 unspecified atom stereocenters. The van der Waals surface area contributed by atoms with Crippen LogP contribution in [0.1, 0.15) is 31.2 Å². The van der Waals surface area contributed by atoms with Crippen LogP contribution in [0.5, 0.6) is 5.75 Å². The van der Waals surface area contributed by atoms with Crippen LogP contribution in [0, 0.1) is 5.92 Å². The highest BCUT2D eigenvalue weighted by Crippen LogP contribution is 2.22. The molecule has 1 saturated heterocycles. The summed E-state index contributed by atoms with van der Waals surface area (Å²) in [7, 11) is 0. The molecule has 3 aromatic rings. The molecule has 32 heavy (non-hydrogen) atoms. The van der Waals surface area contributed by atoms with Gasteiger partial charge in [0, 0.05) is 23.1 Å². The number of piperidine rings is 1.